The van der Waals surface area contributed by atoms with Crippen molar-refractivity contribution in [2.45, 2.75) is 21.6 Å². The third kappa shape index (κ3) is 2.35. The first-order valence-corrected chi connectivity index (χ1v) is 7.76. The zero-order valence-corrected chi connectivity index (χ0v) is 12.7. The highest BCUT2D eigenvalue weighted by atomic mass is 127. The van der Waals surface area contributed by atoms with Gasteiger partial charge in [0.1, 0.15) is 0 Å². The molecule has 1 unspecified atom stereocenters. The molecule has 0 aromatic heterocycles. The van der Waals surface area contributed by atoms with Crippen LogP contribution in [0.5, 0.6) is 0 Å². The summed E-state index contributed by atoms with van der Waals surface area (Å²) in [5.41, 5.74) is 2.61. The van der Waals surface area contributed by atoms with Crippen LogP contribution in [-0.2, 0) is 6.42 Å². The van der Waals surface area contributed by atoms with Crippen LogP contribution in [0.4, 0.5) is 0 Å². The third-order valence-electron chi connectivity index (χ3n) is 2.90. The highest BCUT2D eigenvalue weighted by Crippen LogP contribution is 2.43. The molecule has 1 aliphatic rings. The van der Waals surface area contributed by atoms with E-state index in [-0.39, 0.29) is 5.38 Å². The van der Waals surface area contributed by atoms with Gasteiger partial charge in [0, 0.05) is 13.4 Å². The molecule has 0 nitrogen and oxygen atoms in total. The summed E-state index contributed by atoms with van der Waals surface area (Å²) in [5.74, 6) is 0. The summed E-state index contributed by atoms with van der Waals surface area (Å²) in [6, 6.07) is 15.0. The molecule has 1 atom stereocenters. The largest absolute Gasteiger partial charge is 0.117 e. The van der Waals surface area contributed by atoms with Gasteiger partial charge in [0.2, 0.25) is 0 Å². The smallest absolute Gasteiger partial charge is 0.0637 e. The first-order valence-electron chi connectivity index (χ1n) is 5.43. The molecule has 0 bridgehead atoms. The van der Waals surface area contributed by atoms with E-state index in [9.17, 15) is 0 Å². The van der Waals surface area contributed by atoms with Crippen molar-refractivity contribution >= 4 is 46.0 Å². The number of hydrogen-bond donors (Lipinski definition) is 0. The molecular formula is C14H10ClIS. The lowest BCUT2D eigenvalue weighted by atomic mass is 10.0. The second-order valence-electron chi connectivity index (χ2n) is 4.06. The van der Waals surface area contributed by atoms with Gasteiger partial charge in [-0.15, -0.1) is 11.6 Å². The second-order valence-corrected chi connectivity index (χ2v) is 6.92. The molecule has 0 saturated carbocycles. The van der Waals surface area contributed by atoms with Gasteiger partial charge in [-0.1, -0.05) is 30.0 Å². The Hall–Kier alpha value is -0.190. The Kier molecular flexibility index (Phi) is 3.37. The van der Waals surface area contributed by atoms with Crippen LogP contribution in [0.25, 0.3) is 0 Å². The summed E-state index contributed by atoms with van der Waals surface area (Å²) in [6.45, 7) is 0. The summed E-state index contributed by atoms with van der Waals surface area (Å²) in [5, 5.41) is 0.0816. The Morgan fingerprint density at radius 2 is 1.94 bits per heavy atom. The molecule has 2 aromatic carbocycles. The lowest BCUT2D eigenvalue weighted by molar-refractivity contribution is 0.890. The Labute approximate surface area is 124 Å². The molecule has 0 amide bonds. The fraction of sp³-hybridized carbons (Fsp3) is 0.143. The van der Waals surface area contributed by atoms with Crippen LogP contribution in [-0.4, -0.2) is 0 Å². The van der Waals surface area contributed by atoms with Gasteiger partial charge in [-0.05, 0) is 64.4 Å². The Balaban J connectivity index is 2.13. The van der Waals surface area contributed by atoms with Gasteiger partial charge in [-0.25, -0.2) is 0 Å². The highest BCUT2D eigenvalue weighted by Gasteiger charge is 2.20. The van der Waals surface area contributed by atoms with E-state index in [1.807, 2.05) is 11.8 Å². The second kappa shape index (κ2) is 4.82. The molecule has 2 aromatic rings. The highest BCUT2D eigenvalue weighted by molar-refractivity contribution is 14.1. The predicted octanol–water partition coefficient (Wildman–Crippen LogP) is 5.28. The molecule has 0 N–H and O–H groups in total. The molecule has 0 aliphatic carbocycles. The van der Waals surface area contributed by atoms with Crippen molar-refractivity contribution < 1.29 is 0 Å². The maximum Gasteiger partial charge on any atom is 0.0637 e. The molecule has 86 valence electrons. The van der Waals surface area contributed by atoms with Gasteiger partial charge in [0.25, 0.3) is 0 Å². The van der Waals surface area contributed by atoms with Crippen LogP contribution in [0.3, 0.4) is 0 Å². The van der Waals surface area contributed by atoms with E-state index >= 15 is 0 Å². The van der Waals surface area contributed by atoms with Gasteiger partial charge >= 0.3 is 0 Å². The van der Waals surface area contributed by atoms with Crippen LogP contribution in [0, 0.1) is 3.57 Å². The SMILES string of the molecule is ClC1Cc2cc(I)ccc2Sc2ccccc21. The Morgan fingerprint density at radius 1 is 1.12 bits per heavy atom. The summed E-state index contributed by atoms with van der Waals surface area (Å²) < 4.78 is 1.27. The minimum absolute atomic E-state index is 0.0816. The topological polar surface area (TPSA) is 0 Å². The lowest BCUT2D eigenvalue weighted by Gasteiger charge is -2.09. The predicted molar refractivity (Wildman–Crippen MR) is 82.0 cm³/mol. The fourth-order valence-corrected chi connectivity index (χ4v) is 4.16. The van der Waals surface area contributed by atoms with E-state index in [0.29, 0.717) is 0 Å². The van der Waals surface area contributed by atoms with E-state index < -0.39 is 0 Å². The molecule has 0 spiro atoms. The molecule has 17 heavy (non-hydrogen) atoms. The Bertz CT molecular complexity index is 568. The zero-order valence-electron chi connectivity index (χ0n) is 8.99. The number of hydrogen-bond acceptors (Lipinski definition) is 1. The van der Waals surface area contributed by atoms with Gasteiger partial charge < -0.3 is 0 Å². The van der Waals surface area contributed by atoms with E-state index in [2.05, 4.69) is 65.1 Å². The minimum atomic E-state index is 0.0816. The van der Waals surface area contributed by atoms with Crippen molar-refractivity contribution in [3.8, 4) is 0 Å². The number of halogens is 2. The summed E-state index contributed by atoms with van der Waals surface area (Å²) in [7, 11) is 0. The molecule has 1 aliphatic heterocycles. The van der Waals surface area contributed by atoms with Gasteiger partial charge in [-0.2, -0.15) is 0 Å². The zero-order chi connectivity index (χ0) is 11.8. The van der Waals surface area contributed by atoms with Crippen molar-refractivity contribution in [3.05, 3.63) is 57.2 Å². The van der Waals surface area contributed by atoms with Gasteiger partial charge in [0.05, 0.1) is 5.38 Å². The van der Waals surface area contributed by atoms with Crippen molar-refractivity contribution in [2.75, 3.05) is 0 Å². The van der Waals surface area contributed by atoms with Crippen molar-refractivity contribution in [2.24, 2.45) is 0 Å². The first-order chi connectivity index (χ1) is 8.24. The molecule has 3 heteroatoms. The van der Waals surface area contributed by atoms with E-state index in [0.717, 1.165) is 6.42 Å². The van der Waals surface area contributed by atoms with Crippen LogP contribution in [0.2, 0.25) is 0 Å². The average Bonchev–Trinajstić information content (AvgIpc) is 2.46. The normalized spacial score (nSPS) is 18.1. The van der Waals surface area contributed by atoms with E-state index in [1.54, 1.807) is 0 Å². The summed E-state index contributed by atoms with van der Waals surface area (Å²) >= 11 is 10.7. The molecule has 0 fully saturated rings. The molecule has 1 heterocycles. The third-order valence-corrected chi connectivity index (χ3v) is 5.17. The fourth-order valence-electron chi connectivity index (χ4n) is 2.06. The first kappa shape index (κ1) is 11.9. The lowest BCUT2D eigenvalue weighted by Crippen LogP contribution is -1.95. The van der Waals surface area contributed by atoms with Crippen LogP contribution in [0.1, 0.15) is 16.5 Å². The van der Waals surface area contributed by atoms with E-state index in [4.69, 9.17) is 11.6 Å². The maximum absolute atomic E-state index is 6.52. The maximum atomic E-state index is 6.52. The Morgan fingerprint density at radius 3 is 2.82 bits per heavy atom. The molecule has 0 radical (unpaired) electrons. The summed E-state index contributed by atoms with van der Waals surface area (Å²) in [6.07, 6.45) is 0.914. The number of benzene rings is 2. The van der Waals surface area contributed by atoms with Crippen LogP contribution >= 0.6 is 46.0 Å². The summed E-state index contributed by atoms with van der Waals surface area (Å²) in [4.78, 5) is 2.62. The average molecular weight is 373 g/mol. The van der Waals surface area contributed by atoms with Crippen molar-refractivity contribution in [1.82, 2.24) is 0 Å². The number of fused-ring (bicyclic) bond motifs is 2. The van der Waals surface area contributed by atoms with Gasteiger partial charge in [0.15, 0.2) is 0 Å². The molecular weight excluding hydrogens is 363 g/mol. The quantitative estimate of drug-likeness (QED) is 0.448. The molecule has 0 saturated heterocycles. The molecule has 3 rings (SSSR count). The van der Waals surface area contributed by atoms with Crippen molar-refractivity contribution in [1.29, 1.82) is 0 Å². The standard InChI is InChI=1S/C14H10ClIS/c15-12-8-9-7-10(16)5-6-13(9)17-14-4-2-1-3-11(12)14/h1-7,12H,8H2. The van der Waals surface area contributed by atoms with Crippen molar-refractivity contribution in [3.63, 3.8) is 0 Å². The van der Waals surface area contributed by atoms with Crippen LogP contribution in [0.15, 0.2) is 52.3 Å². The number of alkyl halides is 1. The monoisotopic (exact) mass is 372 g/mol. The minimum Gasteiger partial charge on any atom is -0.117 e. The van der Waals surface area contributed by atoms with E-state index in [1.165, 1.54) is 24.5 Å². The van der Waals surface area contributed by atoms with Gasteiger partial charge in [-0.3, -0.25) is 0 Å². The van der Waals surface area contributed by atoms with Crippen LogP contribution < -0.4 is 0 Å². The number of rotatable bonds is 0.